The Morgan fingerprint density at radius 1 is 1.15 bits per heavy atom. The Morgan fingerprint density at radius 3 is 2.45 bits per heavy atom. The minimum atomic E-state index is -0.0169. The molecule has 1 unspecified atom stereocenters. The number of nitrogens with two attached hydrogens (primary N) is 1. The molecule has 1 aliphatic carbocycles. The molecule has 3 nitrogen and oxygen atoms in total. The number of ether oxygens (including phenoxy) is 1. The van der Waals surface area contributed by atoms with E-state index in [2.05, 4.69) is 11.0 Å². The van der Waals surface area contributed by atoms with Crippen LogP contribution in [0.25, 0.3) is 0 Å². The molecule has 0 radical (unpaired) electrons. The minimum absolute atomic E-state index is 0.0169. The van der Waals surface area contributed by atoms with E-state index >= 15 is 0 Å². The van der Waals surface area contributed by atoms with E-state index in [0.717, 1.165) is 36.9 Å². The smallest absolute Gasteiger partial charge is 0.0594 e. The molecule has 20 heavy (non-hydrogen) atoms. The van der Waals surface area contributed by atoms with Crippen LogP contribution in [0.15, 0.2) is 24.3 Å². The molecule has 2 aliphatic rings. The Balaban J connectivity index is 1.91. The Bertz CT molecular complexity index is 454. The second kappa shape index (κ2) is 6.02. The highest BCUT2D eigenvalue weighted by molar-refractivity contribution is 6.31. The molecule has 2 N–H and O–H groups in total. The zero-order valence-electron chi connectivity index (χ0n) is 11.9. The summed E-state index contributed by atoms with van der Waals surface area (Å²) >= 11 is 6.38. The molecule has 1 atom stereocenters. The minimum Gasteiger partial charge on any atom is -0.379 e. The van der Waals surface area contributed by atoms with Crippen molar-refractivity contribution in [3.63, 3.8) is 0 Å². The van der Waals surface area contributed by atoms with E-state index in [1.54, 1.807) is 0 Å². The summed E-state index contributed by atoms with van der Waals surface area (Å²) < 4.78 is 5.50. The van der Waals surface area contributed by atoms with Crippen LogP contribution in [0.4, 0.5) is 0 Å². The van der Waals surface area contributed by atoms with Crippen LogP contribution in [0.3, 0.4) is 0 Å². The molecule has 1 heterocycles. The van der Waals surface area contributed by atoms with Crippen LogP contribution >= 0.6 is 11.6 Å². The zero-order chi connectivity index (χ0) is 14.0. The number of nitrogens with zero attached hydrogens (tertiary/aromatic N) is 1. The van der Waals surface area contributed by atoms with Crippen molar-refractivity contribution in [2.24, 2.45) is 5.73 Å². The predicted octanol–water partition coefficient (Wildman–Crippen LogP) is 2.98. The summed E-state index contributed by atoms with van der Waals surface area (Å²) in [6, 6.07) is 8.00. The fraction of sp³-hybridized carbons (Fsp3) is 0.625. The van der Waals surface area contributed by atoms with Crippen molar-refractivity contribution in [1.29, 1.82) is 0 Å². The first-order valence-electron chi connectivity index (χ1n) is 7.57. The molecule has 0 amide bonds. The van der Waals surface area contributed by atoms with Crippen LogP contribution in [0, 0.1) is 0 Å². The molecule has 1 aliphatic heterocycles. The average molecular weight is 295 g/mol. The first kappa shape index (κ1) is 14.3. The van der Waals surface area contributed by atoms with Gasteiger partial charge in [0.05, 0.1) is 13.2 Å². The van der Waals surface area contributed by atoms with E-state index in [-0.39, 0.29) is 11.6 Å². The van der Waals surface area contributed by atoms with Crippen LogP contribution in [-0.2, 0) is 4.74 Å². The average Bonchev–Trinajstić information content (AvgIpc) is 2.99. The lowest BCUT2D eigenvalue weighted by Crippen LogP contribution is -2.57. The standard InChI is InChI=1S/C16H23ClN2O/c17-14-6-2-1-5-13(14)15(18)16(7-3-4-8-16)19-9-11-20-12-10-19/h1-2,5-6,15H,3-4,7-12,18H2. The van der Waals surface area contributed by atoms with Crippen molar-refractivity contribution in [3.8, 4) is 0 Å². The van der Waals surface area contributed by atoms with Crippen molar-refractivity contribution in [1.82, 2.24) is 4.90 Å². The first-order valence-corrected chi connectivity index (χ1v) is 7.95. The van der Waals surface area contributed by atoms with Gasteiger partial charge in [-0.25, -0.2) is 0 Å². The van der Waals surface area contributed by atoms with Gasteiger partial charge in [0.25, 0.3) is 0 Å². The Morgan fingerprint density at radius 2 is 1.80 bits per heavy atom. The molecule has 4 heteroatoms. The molecule has 0 bridgehead atoms. The maximum absolute atomic E-state index is 6.70. The fourth-order valence-electron chi connectivity index (χ4n) is 3.84. The summed E-state index contributed by atoms with van der Waals surface area (Å²) in [4.78, 5) is 2.55. The highest BCUT2D eigenvalue weighted by Gasteiger charge is 2.45. The number of hydrogen-bond acceptors (Lipinski definition) is 3. The summed E-state index contributed by atoms with van der Waals surface area (Å²) in [5.41, 5.74) is 7.85. The maximum Gasteiger partial charge on any atom is 0.0594 e. The third-order valence-corrected chi connectivity index (χ3v) is 5.27. The summed E-state index contributed by atoms with van der Waals surface area (Å²) in [6.07, 6.45) is 4.85. The van der Waals surface area contributed by atoms with Crippen molar-refractivity contribution in [2.75, 3.05) is 26.3 Å². The van der Waals surface area contributed by atoms with Gasteiger partial charge in [-0.3, -0.25) is 4.90 Å². The molecule has 1 saturated heterocycles. The number of morpholine rings is 1. The molecular formula is C16H23ClN2O. The van der Waals surface area contributed by atoms with Gasteiger partial charge in [0.2, 0.25) is 0 Å². The van der Waals surface area contributed by atoms with Gasteiger partial charge in [-0.15, -0.1) is 0 Å². The lowest BCUT2D eigenvalue weighted by molar-refractivity contribution is -0.0311. The zero-order valence-corrected chi connectivity index (χ0v) is 12.6. The summed E-state index contributed by atoms with van der Waals surface area (Å²) in [6.45, 7) is 3.60. The number of benzene rings is 1. The monoisotopic (exact) mass is 294 g/mol. The Kier molecular flexibility index (Phi) is 4.32. The highest BCUT2D eigenvalue weighted by atomic mass is 35.5. The Hall–Kier alpha value is -0.610. The van der Waals surface area contributed by atoms with Gasteiger partial charge in [0.15, 0.2) is 0 Å². The molecule has 1 aromatic carbocycles. The van der Waals surface area contributed by atoms with E-state index in [0.29, 0.717) is 0 Å². The van der Waals surface area contributed by atoms with Crippen molar-refractivity contribution < 1.29 is 4.74 Å². The summed E-state index contributed by atoms with van der Waals surface area (Å²) in [7, 11) is 0. The van der Waals surface area contributed by atoms with Crippen LogP contribution in [0.2, 0.25) is 5.02 Å². The number of rotatable bonds is 3. The molecule has 110 valence electrons. The van der Waals surface area contributed by atoms with Crippen LogP contribution in [0.1, 0.15) is 37.3 Å². The van der Waals surface area contributed by atoms with E-state index in [1.165, 1.54) is 25.7 Å². The maximum atomic E-state index is 6.70. The Labute approximate surface area is 126 Å². The van der Waals surface area contributed by atoms with Gasteiger partial charge in [0.1, 0.15) is 0 Å². The summed E-state index contributed by atoms with van der Waals surface area (Å²) in [5.74, 6) is 0. The first-order chi connectivity index (χ1) is 9.74. The molecule has 2 fully saturated rings. The van der Waals surface area contributed by atoms with Gasteiger partial charge >= 0.3 is 0 Å². The lowest BCUT2D eigenvalue weighted by atomic mass is 9.82. The van der Waals surface area contributed by atoms with E-state index in [9.17, 15) is 0 Å². The molecule has 1 saturated carbocycles. The third kappa shape index (κ3) is 2.48. The highest BCUT2D eigenvalue weighted by Crippen LogP contribution is 2.44. The fourth-order valence-corrected chi connectivity index (χ4v) is 4.09. The summed E-state index contributed by atoms with van der Waals surface area (Å²) in [5, 5.41) is 0.791. The molecule has 0 aromatic heterocycles. The van der Waals surface area contributed by atoms with E-state index in [4.69, 9.17) is 22.1 Å². The van der Waals surface area contributed by atoms with Gasteiger partial charge in [0, 0.05) is 29.7 Å². The van der Waals surface area contributed by atoms with Crippen LogP contribution < -0.4 is 5.73 Å². The largest absolute Gasteiger partial charge is 0.379 e. The molecule has 1 aromatic rings. The van der Waals surface area contributed by atoms with Gasteiger partial charge in [-0.05, 0) is 24.5 Å². The van der Waals surface area contributed by atoms with E-state index in [1.807, 2.05) is 18.2 Å². The van der Waals surface area contributed by atoms with E-state index < -0.39 is 0 Å². The van der Waals surface area contributed by atoms with Crippen molar-refractivity contribution in [2.45, 2.75) is 37.3 Å². The topological polar surface area (TPSA) is 38.5 Å². The van der Waals surface area contributed by atoms with Crippen LogP contribution in [0.5, 0.6) is 0 Å². The quantitative estimate of drug-likeness (QED) is 0.931. The lowest BCUT2D eigenvalue weighted by Gasteiger charge is -2.47. The molecule has 0 spiro atoms. The number of halogens is 1. The second-order valence-corrected chi connectivity index (χ2v) is 6.32. The van der Waals surface area contributed by atoms with Crippen molar-refractivity contribution in [3.05, 3.63) is 34.9 Å². The SMILES string of the molecule is NC(c1ccccc1Cl)C1(N2CCOCC2)CCCC1. The third-order valence-electron chi connectivity index (χ3n) is 4.93. The second-order valence-electron chi connectivity index (χ2n) is 5.91. The number of hydrogen-bond donors (Lipinski definition) is 1. The van der Waals surface area contributed by atoms with Gasteiger partial charge in [-0.2, -0.15) is 0 Å². The van der Waals surface area contributed by atoms with Gasteiger partial charge in [-0.1, -0.05) is 42.6 Å². The molecular weight excluding hydrogens is 272 g/mol. The van der Waals surface area contributed by atoms with Crippen LogP contribution in [-0.4, -0.2) is 36.7 Å². The van der Waals surface area contributed by atoms with Crippen molar-refractivity contribution >= 4 is 11.6 Å². The normalized spacial score (nSPS) is 24.7. The predicted molar refractivity (Wildman–Crippen MR) is 82.0 cm³/mol. The molecule has 3 rings (SSSR count). The van der Waals surface area contributed by atoms with Gasteiger partial charge < -0.3 is 10.5 Å².